The number of hydrogen-bond acceptors (Lipinski definition) is 1. The highest BCUT2D eigenvalue weighted by Crippen LogP contribution is 2.38. The fraction of sp³-hybridized carbons (Fsp3) is 0.474. The Balaban J connectivity index is 3.01. The molecular weight excluding hydrogens is 272 g/mol. The van der Waals surface area contributed by atoms with Crippen LogP contribution in [0, 0.1) is 0 Å². The van der Waals surface area contributed by atoms with E-state index in [0.717, 1.165) is 36.0 Å². The van der Waals surface area contributed by atoms with E-state index in [1.165, 1.54) is 0 Å². The van der Waals surface area contributed by atoms with Crippen molar-refractivity contribution in [2.45, 2.75) is 57.5 Å². The van der Waals surface area contributed by atoms with Gasteiger partial charge < -0.3 is 5.11 Å². The second-order valence-electron chi connectivity index (χ2n) is 6.96. The molecule has 1 N–H and O–H groups in total. The molecule has 21 heavy (non-hydrogen) atoms. The molecule has 0 amide bonds. The van der Waals surface area contributed by atoms with Crippen LogP contribution in [-0.4, -0.2) is 13.2 Å². The molecule has 0 bridgehead atoms. The average Bonchev–Trinajstić information content (AvgIpc) is 2.44. The van der Waals surface area contributed by atoms with Crippen molar-refractivity contribution in [2.75, 3.05) is 0 Å². The molecule has 0 aliphatic carbocycles. The molecule has 0 heterocycles. The minimum absolute atomic E-state index is 0.593. The highest BCUT2D eigenvalue weighted by Gasteiger charge is 2.43. The van der Waals surface area contributed by atoms with Gasteiger partial charge in [-0.1, -0.05) is 82.0 Å². The molecule has 1 unspecified atom stereocenters. The normalized spacial score (nSPS) is 14.5. The van der Waals surface area contributed by atoms with E-state index in [1.54, 1.807) is 0 Å². The summed E-state index contributed by atoms with van der Waals surface area (Å²) in [5.41, 5.74) is 3.09. The highest BCUT2D eigenvalue weighted by atomic mass is 28.3. The third-order valence-electron chi connectivity index (χ3n) is 4.29. The van der Waals surface area contributed by atoms with E-state index in [0.29, 0.717) is 6.42 Å². The SMILES string of the molecule is C=C(CCCC)C(=C)CC(O)(c1ccccc1)[Si](C)(C)C. The Kier molecular flexibility index (Phi) is 6.18. The topological polar surface area (TPSA) is 20.2 Å². The van der Waals surface area contributed by atoms with Gasteiger partial charge in [0.2, 0.25) is 0 Å². The van der Waals surface area contributed by atoms with Gasteiger partial charge in [-0.05, 0) is 24.0 Å². The van der Waals surface area contributed by atoms with Crippen molar-refractivity contribution in [3.63, 3.8) is 0 Å². The van der Waals surface area contributed by atoms with Gasteiger partial charge in [-0.15, -0.1) is 0 Å². The van der Waals surface area contributed by atoms with Crippen molar-refractivity contribution in [2.24, 2.45) is 0 Å². The maximum Gasteiger partial charge on any atom is 0.0882 e. The summed E-state index contributed by atoms with van der Waals surface area (Å²) in [6, 6.07) is 10.0. The molecule has 1 aromatic carbocycles. The fourth-order valence-electron chi connectivity index (χ4n) is 2.51. The Bertz CT molecular complexity index is 484. The number of allylic oxidation sites excluding steroid dienone is 1. The third-order valence-corrected chi connectivity index (χ3v) is 7.24. The smallest absolute Gasteiger partial charge is 0.0882 e. The minimum Gasteiger partial charge on any atom is -0.388 e. The summed E-state index contributed by atoms with van der Waals surface area (Å²) in [5, 5.41) is 10.6. The molecule has 2 heteroatoms. The molecule has 0 saturated heterocycles. The van der Waals surface area contributed by atoms with Crippen LogP contribution in [0.1, 0.15) is 38.2 Å². The lowest BCUT2D eigenvalue weighted by Gasteiger charge is -2.40. The van der Waals surface area contributed by atoms with Crippen LogP contribution < -0.4 is 0 Å². The molecule has 1 nitrogen and oxygen atoms in total. The number of aliphatic hydroxyl groups is 1. The molecule has 1 aromatic rings. The van der Waals surface area contributed by atoms with Crippen LogP contribution >= 0.6 is 0 Å². The fourth-order valence-corrected chi connectivity index (χ4v) is 4.29. The Morgan fingerprint density at radius 1 is 1.10 bits per heavy atom. The number of unbranched alkanes of at least 4 members (excludes halogenated alkanes) is 1. The van der Waals surface area contributed by atoms with Crippen molar-refractivity contribution in [1.82, 2.24) is 0 Å². The maximum atomic E-state index is 11.4. The zero-order chi connectivity index (χ0) is 16.1. The third kappa shape index (κ3) is 4.42. The second kappa shape index (κ2) is 7.23. The average molecular weight is 303 g/mol. The van der Waals surface area contributed by atoms with E-state index < -0.39 is 13.3 Å². The van der Waals surface area contributed by atoms with Gasteiger partial charge in [-0.25, -0.2) is 0 Å². The van der Waals surface area contributed by atoms with Crippen molar-refractivity contribution in [1.29, 1.82) is 0 Å². The van der Waals surface area contributed by atoms with Crippen LogP contribution in [0.3, 0.4) is 0 Å². The van der Waals surface area contributed by atoms with Crippen LogP contribution in [0.2, 0.25) is 19.6 Å². The summed E-state index contributed by atoms with van der Waals surface area (Å²) in [6.07, 6.45) is 3.86. The zero-order valence-electron chi connectivity index (χ0n) is 14.1. The summed E-state index contributed by atoms with van der Waals surface area (Å²) >= 11 is 0. The lowest BCUT2D eigenvalue weighted by molar-refractivity contribution is 0.115. The van der Waals surface area contributed by atoms with Crippen LogP contribution in [-0.2, 0) is 5.22 Å². The van der Waals surface area contributed by atoms with E-state index in [-0.39, 0.29) is 0 Å². The first-order valence-corrected chi connectivity index (χ1v) is 11.4. The van der Waals surface area contributed by atoms with Crippen LogP contribution in [0.4, 0.5) is 0 Å². The number of benzene rings is 1. The first-order valence-electron chi connectivity index (χ1n) is 7.86. The summed E-state index contributed by atoms with van der Waals surface area (Å²) < 4.78 is 0. The highest BCUT2D eigenvalue weighted by molar-refractivity contribution is 6.78. The van der Waals surface area contributed by atoms with Crippen molar-refractivity contribution in [3.8, 4) is 0 Å². The van der Waals surface area contributed by atoms with Gasteiger partial charge in [0, 0.05) is 6.42 Å². The van der Waals surface area contributed by atoms with E-state index in [2.05, 4.69) is 39.7 Å². The molecule has 0 radical (unpaired) electrons. The summed E-state index contributed by atoms with van der Waals surface area (Å²) in [5.74, 6) is 0. The number of hydrogen-bond donors (Lipinski definition) is 1. The van der Waals surface area contributed by atoms with Crippen molar-refractivity contribution >= 4 is 8.07 Å². The Labute approximate surface area is 131 Å². The van der Waals surface area contributed by atoms with Crippen LogP contribution in [0.5, 0.6) is 0 Å². The van der Waals surface area contributed by atoms with Crippen LogP contribution in [0.25, 0.3) is 0 Å². The van der Waals surface area contributed by atoms with Gasteiger partial charge in [-0.3, -0.25) is 0 Å². The monoisotopic (exact) mass is 302 g/mol. The first-order chi connectivity index (χ1) is 9.72. The maximum absolute atomic E-state index is 11.4. The lowest BCUT2D eigenvalue weighted by atomic mass is 9.95. The summed E-state index contributed by atoms with van der Waals surface area (Å²) in [6.45, 7) is 17.2. The van der Waals surface area contributed by atoms with E-state index >= 15 is 0 Å². The molecule has 1 rings (SSSR count). The van der Waals surface area contributed by atoms with Gasteiger partial charge in [0.25, 0.3) is 0 Å². The predicted octanol–water partition coefficient (Wildman–Crippen LogP) is 5.44. The molecule has 0 aliphatic heterocycles. The summed E-state index contributed by atoms with van der Waals surface area (Å²) in [4.78, 5) is 0. The predicted molar refractivity (Wildman–Crippen MR) is 96.1 cm³/mol. The summed E-state index contributed by atoms with van der Waals surface area (Å²) in [7, 11) is -1.84. The Morgan fingerprint density at radius 2 is 1.67 bits per heavy atom. The molecule has 0 spiro atoms. The van der Waals surface area contributed by atoms with Gasteiger partial charge in [0.15, 0.2) is 0 Å². The van der Waals surface area contributed by atoms with E-state index in [1.807, 2.05) is 30.3 Å². The molecule has 0 saturated carbocycles. The zero-order valence-corrected chi connectivity index (χ0v) is 15.1. The molecule has 0 aromatic heterocycles. The van der Waals surface area contributed by atoms with Gasteiger partial charge in [-0.2, -0.15) is 0 Å². The van der Waals surface area contributed by atoms with Gasteiger partial charge in [0.1, 0.15) is 0 Å². The molecular formula is C19H30OSi. The quantitative estimate of drug-likeness (QED) is 0.500. The lowest BCUT2D eigenvalue weighted by Crippen LogP contribution is -2.49. The standard InChI is InChI=1S/C19H30OSi/c1-7-8-12-16(2)17(3)15-19(20,21(4,5)6)18-13-10-9-11-14-18/h9-11,13-14,20H,2-3,7-8,12,15H2,1,4-6H3. The van der Waals surface area contributed by atoms with Crippen molar-refractivity contribution in [3.05, 3.63) is 60.2 Å². The first kappa shape index (κ1) is 17.9. The van der Waals surface area contributed by atoms with Crippen molar-refractivity contribution < 1.29 is 5.11 Å². The van der Waals surface area contributed by atoms with Crippen LogP contribution in [0.15, 0.2) is 54.6 Å². The van der Waals surface area contributed by atoms with Gasteiger partial charge >= 0.3 is 0 Å². The Morgan fingerprint density at radius 3 is 2.14 bits per heavy atom. The second-order valence-corrected chi connectivity index (χ2v) is 12.3. The van der Waals surface area contributed by atoms with Gasteiger partial charge in [0.05, 0.1) is 13.3 Å². The molecule has 0 aliphatic rings. The van der Waals surface area contributed by atoms with E-state index in [9.17, 15) is 5.11 Å². The molecule has 1 atom stereocenters. The Hall–Kier alpha value is -1.12. The molecule has 116 valence electrons. The molecule has 0 fully saturated rings. The number of rotatable bonds is 8. The van der Waals surface area contributed by atoms with E-state index in [4.69, 9.17) is 0 Å². The largest absolute Gasteiger partial charge is 0.388 e. The minimum atomic E-state index is -1.84.